The van der Waals surface area contributed by atoms with Crippen molar-refractivity contribution < 1.29 is 13.2 Å². The summed E-state index contributed by atoms with van der Waals surface area (Å²) in [6.07, 6.45) is 1.85. The Morgan fingerprint density at radius 3 is 2.52 bits per heavy atom. The van der Waals surface area contributed by atoms with E-state index in [9.17, 15) is 8.42 Å². The Labute approximate surface area is 127 Å². The van der Waals surface area contributed by atoms with Gasteiger partial charge in [0.25, 0.3) is 0 Å². The summed E-state index contributed by atoms with van der Waals surface area (Å²) in [6.45, 7) is 4.69. The van der Waals surface area contributed by atoms with Gasteiger partial charge in [0.2, 0.25) is 10.0 Å². The van der Waals surface area contributed by atoms with Crippen molar-refractivity contribution >= 4 is 15.7 Å². The van der Waals surface area contributed by atoms with Gasteiger partial charge in [0.05, 0.1) is 18.3 Å². The fourth-order valence-corrected chi connectivity index (χ4v) is 3.56. The van der Waals surface area contributed by atoms with E-state index in [4.69, 9.17) is 4.74 Å². The fourth-order valence-electron chi connectivity index (χ4n) is 2.08. The van der Waals surface area contributed by atoms with Gasteiger partial charge in [-0.1, -0.05) is 26.0 Å². The zero-order valence-corrected chi connectivity index (χ0v) is 13.6. The van der Waals surface area contributed by atoms with Crippen LogP contribution in [0.1, 0.15) is 26.7 Å². The van der Waals surface area contributed by atoms with Crippen molar-refractivity contribution in [2.45, 2.75) is 43.7 Å². The first-order valence-corrected chi connectivity index (χ1v) is 8.79. The summed E-state index contributed by atoms with van der Waals surface area (Å²) in [5.74, 6) is 0.331. The molecular weight excluding hydrogens is 288 g/mol. The van der Waals surface area contributed by atoms with Crippen LogP contribution in [0.15, 0.2) is 29.2 Å². The van der Waals surface area contributed by atoms with Crippen LogP contribution in [-0.4, -0.2) is 34.2 Å². The molecule has 0 bridgehead atoms. The minimum absolute atomic E-state index is 0.0623. The Morgan fingerprint density at radius 1 is 1.29 bits per heavy atom. The summed E-state index contributed by atoms with van der Waals surface area (Å²) in [4.78, 5) is 0.304. The summed E-state index contributed by atoms with van der Waals surface area (Å²) < 4.78 is 32.8. The molecule has 2 rings (SSSR count). The lowest BCUT2D eigenvalue weighted by atomic mass is 10.1. The van der Waals surface area contributed by atoms with Crippen molar-refractivity contribution in [3.63, 3.8) is 0 Å². The zero-order chi connectivity index (χ0) is 15.5. The number of anilines is 1. The number of rotatable bonds is 8. The molecule has 0 spiro atoms. The van der Waals surface area contributed by atoms with E-state index in [0.717, 1.165) is 12.8 Å². The van der Waals surface area contributed by atoms with Gasteiger partial charge in [-0.25, -0.2) is 13.1 Å². The summed E-state index contributed by atoms with van der Waals surface area (Å²) >= 11 is 0. The third kappa shape index (κ3) is 4.43. The van der Waals surface area contributed by atoms with E-state index in [1.807, 2.05) is 6.07 Å². The summed E-state index contributed by atoms with van der Waals surface area (Å²) in [7, 11) is -1.82. The Bertz CT molecular complexity index is 568. The lowest BCUT2D eigenvalue weighted by Crippen LogP contribution is -2.32. The number of hydrogen-bond acceptors (Lipinski definition) is 4. The van der Waals surface area contributed by atoms with Crippen LogP contribution in [0, 0.1) is 5.92 Å². The van der Waals surface area contributed by atoms with Gasteiger partial charge in [0.1, 0.15) is 4.90 Å². The number of para-hydroxylation sites is 1. The Morgan fingerprint density at radius 2 is 1.95 bits per heavy atom. The van der Waals surface area contributed by atoms with Gasteiger partial charge < -0.3 is 10.1 Å². The minimum Gasteiger partial charge on any atom is -0.383 e. The van der Waals surface area contributed by atoms with E-state index in [-0.39, 0.29) is 12.1 Å². The molecule has 0 heterocycles. The molecule has 0 radical (unpaired) electrons. The SMILES string of the molecule is COCC(Nc1ccccc1S(=O)(=O)NC1CC1)C(C)C. The summed E-state index contributed by atoms with van der Waals surface area (Å²) in [5.41, 5.74) is 0.626. The molecule has 118 valence electrons. The highest BCUT2D eigenvalue weighted by Crippen LogP contribution is 2.27. The number of methoxy groups -OCH3 is 1. The van der Waals surface area contributed by atoms with Crippen LogP contribution in [0.4, 0.5) is 5.69 Å². The molecule has 0 aromatic heterocycles. The molecule has 2 N–H and O–H groups in total. The summed E-state index contributed by atoms with van der Waals surface area (Å²) in [5, 5.41) is 3.30. The highest BCUT2D eigenvalue weighted by Gasteiger charge is 2.29. The van der Waals surface area contributed by atoms with Gasteiger partial charge in [0, 0.05) is 13.2 Å². The zero-order valence-electron chi connectivity index (χ0n) is 12.8. The van der Waals surface area contributed by atoms with Crippen molar-refractivity contribution in [2.75, 3.05) is 19.0 Å². The molecule has 1 aliphatic rings. The molecule has 5 nitrogen and oxygen atoms in total. The molecule has 1 aromatic rings. The third-order valence-corrected chi connectivity index (χ3v) is 5.15. The fraction of sp³-hybridized carbons (Fsp3) is 0.600. The van der Waals surface area contributed by atoms with Crippen LogP contribution >= 0.6 is 0 Å². The molecular formula is C15H24N2O3S. The predicted octanol–water partition coefficient (Wildman–Crippen LogP) is 2.21. The highest BCUT2D eigenvalue weighted by molar-refractivity contribution is 7.89. The number of ether oxygens (including phenoxy) is 1. The molecule has 0 amide bonds. The molecule has 0 saturated heterocycles. The highest BCUT2D eigenvalue weighted by atomic mass is 32.2. The monoisotopic (exact) mass is 312 g/mol. The van der Waals surface area contributed by atoms with Crippen molar-refractivity contribution in [3.8, 4) is 0 Å². The Kier molecular flexibility index (Phi) is 5.24. The molecule has 21 heavy (non-hydrogen) atoms. The summed E-state index contributed by atoms with van der Waals surface area (Å²) in [6, 6.07) is 7.18. The largest absolute Gasteiger partial charge is 0.383 e. The van der Waals surface area contributed by atoms with Crippen LogP contribution in [0.3, 0.4) is 0 Å². The molecule has 1 atom stereocenters. The van der Waals surface area contributed by atoms with E-state index in [2.05, 4.69) is 23.9 Å². The molecule has 6 heteroatoms. The van der Waals surface area contributed by atoms with E-state index in [0.29, 0.717) is 23.1 Å². The lowest BCUT2D eigenvalue weighted by Gasteiger charge is -2.24. The van der Waals surface area contributed by atoms with Gasteiger partial charge in [-0.05, 0) is 30.9 Å². The second-order valence-electron chi connectivity index (χ2n) is 5.84. The Balaban J connectivity index is 2.23. The van der Waals surface area contributed by atoms with E-state index >= 15 is 0 Å². The molecule has 1 aromatic carbocycles. The normalized spacial score (nSPS) is 17.0. The van der Waals surface area contributed by atoms with Crippen LogP contribution in [0.5, 0.6) is 0 Å². The van der Waals surface area contributed by atoms with Crippen LogP contribution in [0.2, 0.25) is 0 Å². The first-order valence-electron chi connectivity index (χ1n) is 7.31. The van der Waals surface area contributed by atoms with Crippen molar-refractivity contribution in [1.82, 2.24) is 4.72 Å². The van der Waals surface area contributed by atoms with Crippen LogP contribution in [-0.2, 0) is 14.8 Å². The predicted molar refractivity (Wildman–Crippen MR) is 83.9 cm³/mol. The van der Waals surface area contributed by atoms with E-state index < -0.39 is 10.0 Å². The van der Waals surface area contributed by atoms with E-state index in [1.54, 1.807) is 25.3 Å². The van der Waals surface area contributed by atoms with Gasteiger partial charge in [-0.15, -0.1) is 0 Å². The first-order chi connectivity index (χ1) is 9.94. The van der Waals surface area contributed by atoms with Crippen LogP contribution in [0.25, 0.3) is 0 Å². The maximum Gasteiger partial charge on any atom is 0.242 e. The van der Waals surface area contributed by atoms with Crippen LogP contribution < -0.4 is 10.0 Å². The maximum absolute atomic E-state index is 12.4. The molecule has 1 fully saturated rings. The number of benzene rings is 1. The smallest absolute Gasteiger partial charge is 0.242 e. The second kappa shape index (κ2) is 6.77. The van der Waals surface area contributed by atoms with Crippen molar-refractivity contribution in [3.05, 3.63) is 24.3 Å². The molecule has 1 unspecified atom stereocenters. The first kappa shape index (κ1) is 16.3. The Hall–Kier alpha value is -1.11. The third-order valence-electron chi connectivity index (χ3n) is 3.57. The second-order valence-corrected chi connectivity index (χ2v) is 7.52. The molecule has 1 aliphatic carbocycles. The topological polar surface area (TPSA) is 67.4 Å². The van der Waals surface area contributed by atoms with E-state index in [1.165, 1.54) is 0 Å². The number of nitrogens with one attached hydrogen (secondary N) is 2. The maximum atomic E-state index is 12.4. The number of sulfonamides is 1. The van der Waals surface area contributed by atoms with Gasteiger partial charge in [0.15, 0.2) is 0 Å². The van der Waals surface area contributed by atoms with Gasteiger partial charge in [-0.3, -0.25) is 0 Å². The van der Waals surface area contributed by atoms with Crippen molar-refractivity contribution in [1.29, 1.82) is 0 Å². The molecule has 1 saturated carbocycles. The van der Waals surface area contributed by atoms with Gasteiger partial charge >= 0.3 is 0 Å². The lowest BCUT2D eigenvalue weighted by molar-refractivity contribution is 0.171. The quantitative estimate of drug-likeness (QED) is 0.772. The standard InChI is InChI=1S/C15H24N2O3S/c1-11(2)14(10-20-3)16-13-6-4-5-7-15(13)21(18,19)17-12-8-9-12/h4-7,11-12,14,16-17H,8-10H2,1-3H3. The van der Waals surface area contributed by atoms with Crippen molar-refractivity contribution in [2.24, 2.45) is 5.92 Å². The number of hydrogen-bond donors (Lipinski definition) is 2. The molecule has 0 aliphatic heterocycles. The average molecular weight is 312 g/mol. The van der Waals surface area contributed by atoms with Gasteiger partial charge in [-0.2, -0.15) is 0 Å². The average Bonchev–Trinajstić information content (AvgIpc) is 3.22. The minimum atomic E-state index is -3.47.